The molecule has 4 rings (SSSR count). The number of carbonyl (C=O) groups excluding carboxylic acids is 1. The monoisotopic (exact) mass is 314 g/mol. The van der Waals surface area contributed by atoms with Gasteiger partial charge in [0.2, 0.25) is 0 Å². The highest BCUT2D eigenvalue weighted by Gasteiger charge is 2.48. The first kappa shape index (κ1) is 14.7. The third kappa shape index (κ3) is 2.33. The number of aliphatic hydroxyl groups is 1. The zero-order chi connectivity index (χ0) is 15.9. The third-order valence-corrected chi connectivity index (χ3v) is 5.59. The van der Waals surface area contributed by atoms with Gasteiger partial charge in [0.1, 0.15) is 0 Å². The van der Waals surface area contributed by atoms with Crippen molar-refractivity contribution in [3.63, 3.8) is 0 Å². The van der Waals surface area contributed by atoms with Crippen molar-refractivity contribution in [1.29, 1.82) is 0 Å². The van der Waals surface area contributed by atoms with Crippen molar-refractivity contribution in [3.05, 3.63) is 30.0 Å². The Labute approximate surface area is 134 Å². The van der Waals surface area contributed by atoms with Gasteiger partial charge in [0.05, 0.1) is 5.52 Å². The van der Waals surface area contributed by atoms with Crippen LogP contribution in [0, 0.1) is 11.3 Å². The van der Waals surface area contributed by atoms with Crippen LogP contribution < -0.4 is 5.32 Å². The average molecular weight is 314 g/mol. The molecule has 2 aliphatic heterocycles. The Morgan fingerprint density at radius 2 is 2.13 bits per heavy atom. The fraction of sp³-hybridized carbons (Fsp3) is 0.529. The summed E-state index contributed by atoms with van der Waals surface area (Å²) in [6, 6.07) is 7.69. The molecule has 0 radical (unpaired) electrons. The van der Waals surface area contributed by atoms with Crippen LogP contribution in [0.25, 0.3) is 10.9 Å². The summed E-state index contributed by atoms with van der Waals surface area (Å²) < 4.78 is 0. The molecule has 6 heteroatoms. The molecule has 122 valence electrons. The Bertz CT molecular complexity index is 720. The van der Waals surface area contributed by atoms with Crippen molar-refractivity contribution in [2.24, 2.45) is 11.3 Å². The number of aliphatic hydroxyl groups excluding tert-OH is 1. The maximum atomic E-state index is 13.0. The van der Waals surface area contributed by atoms with Crippen LogP contribution in [0.15, 0.2) is 24.3 Å². The molecule has 0 saturated carbocycles. The summed E-state index contributed by atoms with van der Waals surface area (Å²) in [6.07, 6.45) is 2.03. The lowest BCUT2D eigenvalue weighted by atomic mass is 9.71. The van der Waals surface area contributed by atoms with E-state index in [0.29, 0.717) is 12.2 Å². The highest BCUT2D eigenvalue weighted by atomic mass is 16.3. The summed E-state index contributed by atoms with van der Waals surface area (Å²) in [5, 5.41) is 21.2. The number of aromatic amines is 1. The number of hydrogen-bond donors (Lipinski definition) is 3. The molecule has 0 bridgehead atoms. The highest BCUT2D eigenvalue weighted by molar-refractivity contribution is 6.04. The van der Waals surface area contributed by atoms with Gasteiger partial charge in [0.25, 0.3) is 5.91 Å². The number of piperidine rings is 1. The molecule has 1 amide bonds. The van der Waals surface area contributed by atoms with Gasteiger partial charge < -0.3 is 15.3 Å². The van der Waals surface area contributed by atoms with Gasteiger partial charge in [-0.2, -0.15) is 5.10 Å². The first-order chi connectivity index (χ1) is 11.2. The predicted octanol–water partition coefficient (Wildman–Crippen LogP) is 0.997. The molecule has 6 nitrogen and oxygen atoms in total. The molecule has 1 unspecified atom stereocenters. The zero-order valence-corrected chi connectivity index (χ0v) is 13.1. The van der Waals surface area contributed by atoms with E-state index in [1.807, 2.05) is 29.2 Å². The minimum absolute atomic E-state index is 0.0312. The second-order valence-corrected chi connectivity index (χ2v) is 6.80. The van der Waals surface area contributed by atoms with Crippen LogP contribution in [0.1, 0.15) is 23.3 Å². The molecule has 3 heterocycles. The van der Waals surface area contributed by atoms with Gasteiger partial charge in [-0.3, -0.25) is 9.89 Å². The zero-order valence-electron chi connectivity index (χ0n) is 13.1. The molecule has 2 aromatic rings. The molecule has 2 fully saturated rings. The molecule has 1 aromatic carbocycles. The Morgan fingerprint density at radius 1 is 1.35 bits per heavy atom. The van der Waals surface area contributed by atoms with Gasteiger partial charge in [-0.1, -0.05) is 18.2 Å². The minimum atomic E-state index is -0.0312. The molecule has 1 atom stereocenters. The molecule has 0 aliphatic carbocycles. The molecule has 23 heavy (non-hydrogen) atoms. The first-order valence-electron chi connectivity index (χ1n) is 8.27. The van der Waals surface area contributed by atoms with E-state index in [1.165, 1.54) is 0 Å². The van der Waals surface area contributed by atoms with Crippen molar-refractivity contribution in [3.8, 4) is 0 Å². The summed E-state index contributed by atoms with van der Waals surface area (Å²) in [5.74, 6) is 0.134. The van der Waals surface area contributed by atoms with Gasteiger partial charge in [-0.25, -0.2) is 0 Å². The summed E-state index contributed by atoms with van der Waals surface area (Å²) in [6.45, 7) is 3.41. The van der Waals surface area contributed by atoms with Gasteiger partial charge in [-0.05, 0) is 37.4 Å². The van der Waals surface area contributed by atoms with Crippen molar-refractivity contribution in [2.75, 3.05) is 32.8 Å². The molecule has 1 spiro atoms. The van der Waals surface area contributed by atoms with Gasteiger partial charge in [0, 0.05) is 31.0 Å². The first-order valence-corrected chi connectivity index (χ1v) is 8.27. The lowest BCUT2D eigenvalue weighted by Crippen LogP contribution is -2.43. The number of hydrogen-bond acceptors (Lipinski definition) is 4. The Hall–Kier alpha value is -1.92. The van der Waals surface area contributed by atoms with Gasteiger partial charge in [0.15, 0.2) is 5.69 Å². The lowest BCUT2D eigenvalue weighted by Gasteiger charge is -2.37. The normalized spacial score (nSPS) is 23.7. The number of aromatic nitrogens is 2. The van der Waals surface area contributed by atoms with E-state index in [9.17, 15) is 9.90 Å². The molecule has 1 aromatic heterocycles. The molecule has 3 N–H and O–H groups in total. The fourth-order valence-electron chi connectivity index (χ4n) is 4.21. The number of likely N-dealkylation sites (tertiary alicyclic amines) is 1. The summed E-state index contributed by atoms with van der Waals surface area (Å²) >= 11 is 0. The van der Waals surface area contributed by atoms with E-state index in [1.54, 1.807) is 0 Å². The maximum Gasteiger partial charge on any atom is 0.275 e. The lowest BCUT2D eigenvalue weighted by molar-refractivity contribution is 0.0752. The minimum Gasteiger partial charge on any atom is -0.396 e. The standard InChI is InChI=1S/C17H22N4O2/c22-10-12-9-21(11-17(12)5-7-18-8-6-17)16(23)15-13-3-1-2-4-14(13)19-20-15/h1-4,12,18,22H,5-11H2,(H,19,20). The number of rotatable bonds is 2. The second-order valence-electron chi connectivity index (χ2n) is 6.80. The van der Waals surface area contributed by atoms with Crippen LogP contribution in [0.4, 0.5) is 0 Å². The van der Waals surface area contributed by atoms with E-state index in [4.69, 9.17) is 0 Å². The SMILES string of the molecule is O=C(c1n[nH]c2ccccc12)N1CC(CO)C2(CCNCC2)C1. The number of nitrogens with zero attached hydrogens (tertiary/aromatic N) is 2. The largest absolute Gasteiger partial charge is 0.396 e. The maximum absolute atomic E-state index is 13.0. The van der Waals surface area contributed by atoms with Crippen LogP contribution >= 0.6 is 0 Å². The van der Waals surface area contributed by atoms with Gasteiger partial charge in [-0.15, -0.1) is 0 Å². The predicted molar refractivity (Wildman–Crippen MR) is 87.1 cm³/mol. The van der Waals surface area contributed by atoms with E-state index >= 15 is 0 Å². The quantitative estimate of drug-likeness (QED) is 0.772. The number of amides is 1. The smallest absolute Gasteiger partial charge is 0.275 e. The van der Waals surface area contributed by atoms with Crippen LogP contribution in [0.3, 0.4) is 0 Å². The molecular weight excluding hydrogens is 292 g/mol. The number of H-pyrrole nitrogens is 1. The molecule has 2 aliphatic rings. The van der Waals surface area contributed by atoms with E-state index in [0.717, 1.165) is 43.4 Å². The number of benzene rings is 1. The van der Waals surface area contributed by atoms with Crippen molar-refractivity contribution < 1.29 is 9.90 Å². The van der Waals surface area contributed by atoms with Crippen LogP contribution in [-0.4, -0.2) is 58.9 Å². The average Bonchev–Trinajstić information content (AvgIpc) is 3.17. The van der Waals surface area contributed by atoms with Crippen molar-refractivity contribution >= 4 is 16.8 Å². The molecular formula is C17H22N4O2. The van der Waals surface area contributed by atoms with Crippen LogP contribution in [0.2, 0.25) is 0 Å². The topological polar surface area (TPSA) is 81.2 Å². The van der Waals surface area contributed by atoms with E-state index in [2.05, 4.69) is 15.5 Å². The van der Waals surface area contributed by atoms with Crippen LogP contribution in [-0.2, 0) is 0 Å². The highest BCUT2D eigenvalue weighted by Crippen LogP contribution is 2.43. The fourth-order valence-corrected chi connectivity index (χ4v) is 4.21. The van der Waals surface area contributed by atoms with E-state index in [-0.39, 0.29) is 23.8 Å². The summed E-state index contributed by atoms with van der Waals surface area (Å²) in [4.78, 5) is 14.8. The Balaban J connectivity index is 1.62. The summed E-state index contributed by atoms with van der Waals surface area (Å²) in [5.41, 5.74) is 1.43. The Kier molecular flexibility index (Phi) is 3.58. The number of para-hydroxylation sites is 1. The Morgan fingerprint density at radius 3 is 2.91 bits per heavy atom. The number of fused-ring (bicyclic) bond motifs is 1. The van der Waals surface area contributed by atoms with E-state index < -0.39 is 0 Å². The summed E-state index contributed by atoms with van der Waals surface area (Å²) in [7, 11) is 0. The van der Waals surface area contributed by atoms with Gasteiger partial charge >= 0.3 is 0 Å². The van der Waals surface area contributed by atoms with Crippen molar-refractivity contribution in [1.82, 2.24) is 20.4 Å². The number of nitrogens with one attached hydrogen (secondary N) is 2. The second kappa shape index (κ2) is 5.62. The molecule has 2 saturated heterocycles. The van der Waals surface area contributed by atoms with Crippen LogP contribution in [0.5, 0.6) is 0 Å². The van der Waals surface area contributed by atoms with Crippen molar-refractivity contribution in [2.45, 2.75) is 12.8 Å². The third-order valence-electron chi connectivity index (χ3n) is 5.59. The number of carbonyl (C=O) groups is 1.